The molecule has 0 bridgehead atoms. The molecule has 5 heteroatoms. The lowest BCUT2D eigenvalue weighted by atomic mass is 10.3. The van der Waals surface area contributed by atoms with E-state index in [2.05, 4.69) is 5.43 Å². The molecule has 3 nitrogen and oxygen atoms in total. The zero-order valence-corrected chi connectivity index (χ0v) is 10.5. The van der Waals surface area contributed by atoms with Crippen molar-refractivity contribution in [1.82, 2.24) is 0 Å². The summed E-state index contributed by atoms with van der Waals surface area (Å²) in [7, 11) is 0. The van der Waals surface area contributed by atoms with Crippen molar-refractivity contribution in [2.75, 3.05) is 5.43 Å². The van der Waals surface area contributed by atoms with Crippen molar-refractivity contribution in [2.45, 2.75) is 0 Å². The van der Waals surface area contributed by atoms with Crippen LogP contribution in [-0.4, -0.2) is 0 Å². The third-order valence-corrected chi connectivity index (χ3v) is 2.32. The second kappa shape index (κ2) is 6.35. The molecule has 17 heavy (non-hydrogen) atoms. The highest BCUT2D eigenvalue weighted by Gasteiger charge is 1.97. The van der Waals surface area contributed by atoms with Crippen molar-refractivity contribution in [3.05, 3.63) is 53.6 Å². The maximum absolute atomic E-state index is 5.78. The van der Waals surface area contributed by atoms with Crippen molar-refractivity contribution in [3.63, 3.8) is 0 Å². The third kappa shape index (κ3) is 3.82. The van der Waals surface area contributed by atoms with Crippen LogP contribution in [0.2, 0.25) is 5.02 Å². The molecule has 0 aliphatic heterocycles. The van der Waals surface area contributed by atoms with Gasteiger partial charge < -0.3 is 10.2 Å². The number of hydrazine groups is 1. The predicted molar refractivity (Wildman–Crippen MR) is 73.0 cm³/mol. The molecule has 0 aliphatic rings. The number of nitrogen functional groups attached to an aromatic ring is 1. The van der Waals surface area contributed by atoms with E-state index >= 15 is 0 Å². The number of nitrogens with two attached hydrogens (primary N) is 1. The first kappa shape index (κ1) is 13.6. The zero-order valence-electron chi connectivity index (χ0n) is 8.89. The SMILES string of the molecule is Cl.NNc1ccc(Oc2ccc(Cl)cc2)cc1. The third-order valence-electron chi connectivity index (χ3n) is 2.07. The molecule has 0 spiro atoms. The van der Waals surface area contributed by atoms with E-state index < -0.39 is 0 Å². The lowest BCUT2D eigenvalue weighted by Gasteiger charge is -2.06. The second-order valence-corrected chi connectivity index (χ2v) is 3.66. The molecule has 0 heterocycles. The summed E-state index contributed by atoms with van der Waals surface area (Å²) in [6.07, 6.45) is 0. The molecule has 0 saturated carbocycles. The van der Waals surface area contributed by atoms with Crippen molar-refractivity contribution in [1.29, 1.82) is 0 Å². The Labute approximate surface area is 111 Å². The van der Waals surface area contributed by atoms with E-state index in [1.807, 2.05) is 36.4 Å². The molecular weight excluding hydrogens is 259 g/mol. The molecule has 0 unspecified atom stereocenters. The normalized spacial score (nSPS) is 9.29. The molecule has 0 aliphatic carbocycles. The van der Waals surface area contributed by atoms with E-state index in [4.69, 9.17) is 22.2 Å². The summed E-state index contributed by atoms with van der Waals surface area (Å²) >= 11 is 5.78. The summed E-state index contributed by atoms with van der Waals surface area (Å²) in [6, 6.07) is 14.6. The first-order chi connectivity index (χ1) is 7.78. The Morgan fingerprint density at radius 3 is 1.82 bits per heavy atom. The molecule has 2 aromatic rings. The minimum absolute atomic E-state index is 0. The van der Waals surface area contributed by atoms with Gasteiger partial charge in [0.15, 0.2) is 0 Å². The maximum atomic E-state index is 5.78. The minimum Gasteiger partial charge on any atom is -0.457 e. The van der Waals surface area contributed by atoms with Crippen LogP contribution < -0.4 is 16.0 Å². The van der Waals surface area contributed by atoms with Gasteiger partial charge in [0.05, 0.1) is 0 Å². The Balaban J connectivity index is 0.00000144. The molecule has 0 aromatic heterocycles. The van der Waals surface area contributed by atoms with Gasteiger partial charge in [0.25, 0.3) is 0 Å². The number of nitrogens with one attached hydrogen (secondary N) is 1. The highest BCUT2D eigenvalue weighted by atomic mass is 35.5. The van der Waals surface area contributed by atoms with Crippen LogP contribution in [0.1, 0.15) is 0 Å². The van der Waals surface area contributed by atoms with Gasteiger partial charge in [-0.1, -0.05) is 11.6 Å². The van der Waals surface area contributed by atoms with E-state index in [9.17, 15) is 0 Å². The van der Waals surface area contributed by atoms with E-state index in [1.165, 1.54) is 0 Å². The van der Waals surface area contributed by atoms with Gasteiger partial charge in [0.2, 0.25) is 0 Å². The molecular formula is C12H12Cl2N2O. The first-order valence-corrected chi connectivity index (χ1v) is 5.16. The average Bonchev–Trinajstić information content (AvgIpc) is 2.33. The standard InChI is InChI=1S/C12H11ClN2O.ClH/c13-9-1-5-11(6-2-9)16-12-7-3-10(15-14)4-8-12;/h1-8,15H,14H2;1H. The van der Waals surface area contributed by atoms with Crippen LogP contribution in [-0.2, 0) is 0 Å². The quantitative estimate of drug-likeness (QED) is 0.658. The largest absolute Gasteiger partial charge is 0.457 e. The van der Waals surface area contributed by atoms with Crippen LogP contribution in [0, 0.1) is 0 Å². The predicted octanol–water partition coefficient (Wildman–Crippen LogP) is 3.84. The van der Waals surface area contributed by atoms with Gasteiger partial charge in [-0.3, -0.25) is 5.84 Å². The van der Waals surface area contributed by atoms with Crippen LogP contribution in [0.3, 0.4) is 0 Å². The molecule has 2 rings (SSSR count). The van der Waals surface area contributed by atoms with Gasteiger partial charge in [-0.15, -0.1) is 12.4 Å². The fourth-order valence-electron chi connectivity index (χ4n) is 1.26. The average molecular weight is 271 g/mol. The second-order valence-electron chi connectivity index (χ2n) is 3.22. The Kier molecular flexibility index (Phi) is 5.10. The number of hydrogen-bond donors (Lipinski definition) is 2. The van der Waals surface area contributed by atoms with Gasteiger partial charge in [0, 0.05) is 10.7 Å². The Bertz CT molecular complexity index is 457. The van der Waals surface area contributed by atoms with E-state index in [0.717, 1.165) is 17.2 Å². The highest BCUT2D eigenvalue weighted by molar-refractivity contribution is 6.30. The summed E-state index contributed by atoms with van der Waals surface area (Å²) in [5.41, 5.74) is 3.39. The van der Waals surface area contributed by atoms with Crippen molar-refractivity contribution in [2.24, 2.45) is 5.84 Å². The smallest absolute Gasteiger partial charge is 0.127 e. The zero-order chi connectivity index (χ0) is 11.4. The first-order valence-electron chi connectivity index (χ1n) is 4.78. The molecule has 0 amide bonds. The molecule has 0 atom stereocenters. The van der Waals surface area contributed by atoms with Crippen molar-refractivity contribution < 1.29 is 4.74 Å². The Morgan fingerprint density at radius 2 is 1.35 bits per heavy atom. The summed E-state index contributed by atoms with van der Waals surface area (Å²) in [5.74, 6) is 6.76. The number of benzene rings is 2. The van der Waals surface area contributed by atoms with Crippen LogP contribution in [0.5, 0.6) is 11.5 Å². The minimum atomic E-state index is 0. The molecule has 3 N–H and O–H groups in total. The van der Waals surface area contributed by atoms with Gasteiger partial charge in [-0.25, -0.2) is 0 Å². The summed E-state index contributed by atoms with van der Waals surface area (Å²) in [5, 5.41) is 0.690. The molecule has 0 radical (unpaired) electrons. The number of rotatable bonds is 3. The van der Waals surface area contributed by atoms with E-state index in [-0.39, 0.29) is 12.4 Å². The topological polar surface area (TPSA) is 47.3 Å². The summed E-state index contributed by atoms with van der Waals surface area (Å²) < 4.78 is 5.61. The number of hydrogen-bond acceptors (Lipinski definition) is 3. The van der Waals surface area contributed by atoms with Gasteiger partial charge >= 0.3 is 0 Å². The van der Waals surface area contributed by atoms with Crippen molar-refractivity contribution in [3.8, 4) is 11.5 Å². The molecule has 90 valence electrons. The number of halogens is 2. The molecule has 2 aromatic carbocycles. The Morgan fingerprint density at radius 1 is 0.882 bits per heavy atom. The van der Waals surface area contributed by atoms with Gasteiger partial charge in [-0.2, -0.15) is 0 Å². The van der Waals surface area contributed by atoms with E-state index in [0.29, 0.717) is 5.02 Å². The highest BCUT2D eigenvalue weighted by Crippen LogP contribution is 2.23. The molecule has 0 saturated heterocycles. The fraction of sp³-hybridized carbons (Fsp3) is 0. The maximum Gasteiger partial charge on any atom is 0.127 e. The number of anilines is 1. The lowest BCUT2D eigenvalue weighted by molar-refractivity contribution is 0.483. The Hall–Kier alpha value is -1.42. The number of ether oxygens (including phenoxy) is 1. The van der Waals surface area contributed by atoms with Crippen LogP contribution in [0.4, 0.5) is 5.69 Å². The molecule has 0 fully saturated rings. The lowest BCUT2D eigenvalue weighted by Crippen LogP contribution is -2.05. The van der Waals surface area contributed by atoms with Crippen molar-refractivity contribution >= 4 is 29.7 Å². The van der Waals surface area contributed by atoms with Crippen LogP contribution >= 0.6 is 24.0 Å². The van der Waals surface area contributed by atoms with Crippen LogP contribution in [0.15, 0.2) is 48.5 Å². The van der Waals surface area contributed by atoms with Gasteiger partial charge in [-0.05, 0) is 48.5 Å². The van der Waals surface area contributed by atoms with Crippen LogP contribution in [0.25, 0.3) is 0 Å². The monoisotopic (exact) mass is 270 g/mol. The summed E-state index contributed by atoms with van der Waals surface area (Å²) in [6.45, 7) is 0. The fourth-order valence-corrected chi connectivity index (χ4v) is 1.38. The van der Waals surface area contributed by atoms with Gasteiger partial charge in [0.1, 0.15) is 11.5 Å². The summed E-state index contributed by atoms with van der Waals surface area (Å²) in [4.78, 5) is 0. The van der Waals surface area contributed by atoms with E-state index in [1.54, 1.807) is 12.1 Å².